The molecule has 3 aromatic rings. The molecule has 0 radical (unpaired) electrons. The van der Waals surface area contributed by atoms with Crippen molar-refractivity contribution < 1.29 is 5.11 Å². The summed E-state index contributed by atoms with van der Waals surface area (Å²) in [6.07, 6.45) is 1.89. The van der Waals surface area contributed by atoms with Crippen molar-refractivity contribution in [2.45, 2.75) is 13.5 Å². The molecule has 3 nitrogen and oxygen atoms in total. The smallest absolute Gasteiger partial charge is 0.294 e. The lowest BCUT2D eigenvalue weighted by molar-refractivity contribution is 0.405. The molecule has 1 N–H and O–H groups in total. The van der Waals surface area contributed by atoms with Crippen molar-refractivity contribution in [2.75, 3.05) is 0 Å². The zero-order valence-corrected chi connectivity index (χ0v) is 11.3. The van der Waals surface area contributed by atoms with Gasteiger partial charge in [0.25, 0.3) is 6.01 Å². The number of aryl methyl sites for hydroxylation is 1. The first kappa shape index (κ1) is 12.5. The number of rotatable bonds is 3. The molecule has 3 heteroatoms. The SMILES string of the molecule is Cc1cccc(-c2cn(Cc3ccccc3)c(O)n2)c1. The summed E-state index contributed by atoms with van der Waals surface area (Å²) in [5, 5.41) is 9.98. The second kappa shape index (κ2) is 5.21. The summed E-state index contributed by atoms with van der Waals surface area (Å²) >= 11 is 0. The van der Waals surface area contributed by atoms with Crippen molar-refractivity contribution in [1.82, 2.24) is 9.55 Å². The average molecular weight is 264 g/mol. The van der Waals surface area contributed by atoms with Gasteiger partial charge in [-0.05, 0) is 18.6 Å². The third-order valence-electron chi connectivity index (χ3n) is 3.27. The molecule has 0 atom stereocenters. The van der Waals surface area contributed by atoms with Crippen LogP contribution in [0.5, 0.6) is 6.01 Å². The lowest BCUT2D eigenvalue weighted by Crippen LogP contribution is -1.96. The van der Waals surface area contributed by atoms with E-state index in [1.807, 2.05) is 61.7 Å². The largest absolute Gasteiger partial charge is 0.480 e. The Morgan fingerprint density at radius 1 is 1.05 bits per heavy atom. The molecule has 0 saturated heterocycles. The summed E-state index contributed by atoms with van der Waals surface area (Å²) in [4.78, 5) is 4.24. The Hall–Kier alpha value is -2.55. The first-order valence-electron chi connectivity index (χ1n) is 6.59. The number of nitrogens with zero attached hydrogens (tertiary/aromatic N) is 2. The highest BCUT2D eigenvalue weighted by Crippen LogP contribution is 2.23. The number of aromatic hydroxyl groups is 1. The molecule has 0 aliphatic rings. The van der Waals surface area contributed by atoms with Crippen LogP contribution in [0.15, 0.2) is 60.8 Å². The van der Waals surface area contributed by atoms with E-state index in [0.29, 0.717) is 6.54 Å². The van der Waals surface area contributed by atoms with E-state index in [-0.39, 0.29) is 6.01 Å². The Morgan fingerprint density at radius 3 is 2.60 bits per heavy atom. The van der Waals surface area contributed by atoms with Crippen LogP contribution in [0, 0.1) is 6.92 Å². The van der Waals surface area contributed by atoms with Crippen LogP contribution >= 0.6 is 0 Å². The van der Waals surface area contributed by atoms with E-state index < -0.39 is 0 Å². The topological polar surface area (TPSA) is 38.0 Å². The van der Waals surface area contributed by atoms with Crippen molar-refractivity contribution in [3.63, 3.8) is 0 Å². The maximum absolute atomic E-state index is 9.98. The van der Waals surface area contributed by atoms with Gasteiger partial charge in [0.15, 0.2) is 0 Å². The number of aromatic nitrogens is 2. The number of benzene rings is 2. The fraction of sp³-hybridized carbons (Fsp3) is 0.118. The highest BCUT2D eigenvalue weighted by molar-refractivity contribution is 5.60. The summed E-state index contributed by atoms with van der Waals surface area (Å²) < 4.78 is 1.76. The van der Waals surface area contributed by atoms with E-state index in [1.165, 1.54) is 5.56 Å². The van der Waals surface area contributed by atoms with E-state index in [2.05, 4.69) is 11.1 Å². The van der Waals surface area contributed by atoms with Crippen molar-refractivity contribution in [2.24, 2.45) is 0 Å². The Bertz CT molecular complexity index is 717. The number of hydrogen-bond donors (Lipinski definition) is 1. The fourth-order valence-corrected chi connectivity index (χ4v) is 2.25. The van der Waals surface area contributed by atoms with E-state index in [9.17, 15) is 5.11 Å². The minimum absolute atomic E-state index is 0.0466. The molecular weight excluding hydrogens is 248 g/mol. The van der Waals surface area contributed by atoms with Gasteiger partial charge in [-0.1, -0.05) is 54.1 Å². The van der Waals surface area contributed by atoms with Gasteiger partial charge in [-0.25, -0.2) is 0 Å². The quantitative estimate of drug-likeness (QED) is 0.784. The molecule has 0 bridgehead atoms. The molecular formula is C17H16N2O. The molecule has 2 aromatic carbocycles. The summed E-state index contributed by atoms with van der Waals surface area (Å²) in [5.74, 6) is 0. The molecule has 0 amide bonds. The molecule has 20 heavy (non-hydrogen) atoms. The van der Waals surface area contributed by atoms with Crippen molar-refractivity contribution in [3.05, 3.63) is 71.9 Å². The van der Waals surface area contributed by atoms with E-state index in [4.69, 9.17) is 0 Å². The van der Waals surface area contributed by atoms with Gasteiger partial charge in [0, 0.05) is 11.8 Å². The molecule has 1 heterocycles. The third kappa shape index (κ3) is 2.57. The van der Waals surface area contributed by atoms with Gasteiger partial charge in [0.1, 0.15) is 0 Å². The second-order valence-corrected chi connectivity index (χ2v) is 4.91. The molecule has 0 unspecified atom stereocenters. The van der Waals surface area contributed by atoms with Crippen LogP contribution in [0.3, 0.4) is 0 Å². The zero-order valence-electron chi connectivity index (χ0n) is 11.3. The summed E-state index contributed by atoms with van der Waals surface area (Å²) in [6, 6.07) is 18.2. The second-order valence-electron chi connectivity index (χ2n) is 4.91. The van der Waals surface area contributed by atoms with Gasteiger partial charge in [0.2, 0.25) is 0 Å². The lowest BCUT2D eigenvalue weighted by Gasteiger charge is -2.02. The van der Waals surface area contributed by atoms with Gasteiger partial charge in [-0.2, -0.15) is 4.98 Å². The van der Waals surface area contributed by atoms with Crippen molar-refractivity contribution >= 4 is 0 Å². The highest BCUT2D eigenvalue weighted by atomic mass is 16.3. The Kier molecular flexibility index (Phi) is 3.25. The monoisotopic (exact) mass is 264 g/mol. The maximum Gasteiger partial charge on any atom is 0.294 e. The van der Waals surface area contributed by atoms with Gasteiger partial charge in [-0.15, -0.1) is 0 Å². The van der Waals surface area contributed by atoms with Crippen LogP contribution in [0.2, 0.25) is 0 Å². The van der Waals surface area contributed by atoms with E-state index in [1.54, 1.807) is 4.57 Å². The Morgan fingerprint density at radius 2 is 1.85 bits per heavy atom. The lowest BCUT2D eigenvalue weighted by atomic mass is 10.1. The fourth-order valence-electron chi connectivity index (χ4n) is 2.25. The van der Waals surface area contributed by atoms with Crippen LogP contribution in [-0.4, -0.2) is 14.7 Å². The average Bonchev–Trinajstić information content (AvgIpc) is 2.81. The van der Waals surface area contributed by atoms with Gasteiger partial charge < -0.3 is 5.11 Å². The van der Waals surface area contributed by atoms with Crippen LogP contribution in [-0.2, 0) is 6.54 Å². The summed E-state index contributed by atoms with van der Waals surface area (Å²) in [7, 11) is 0. The first-order valence-corrected chi connectivity index (χ1v) is 6.59. The summed E-state index contributed by atoms with van der Waals surface area (Å²) in [5.41, 5.74) is 4.13. The predicted molar refractivity (Wildman–Crippen MR) is 79.6 cm³/mol. The van der Waals surface area contributed by atoms with Crippen LogP contribution < -0.4 is 0 Å². The van der Waals surface area contributed by atoms with E-state index in [0.717, 1.165) is 16.8 Å². The molecule has 3 rings (SSSR count). The predicted octanol–water partition coefficient (Wildman–Crippen LogP) is 3.61. The van der Waals surface area contributed by atoms with E-state index >= 15 is 0 Å². The van der Waals surface area contributed by atoms with Gasteiger partial charge in [-0.3, -0.25) is 4.57 Å². The molecule has 1 aromatic heterocycles. The van der Waals surface area contributed by atoms with Gasteiger partial charge in [0.05, 0.1) is 12.2 Å². The normalized spacial score (nSPS) is 10.7. The van der Waals surface area contributed by atoms with Crippen LogP contribution in [0.4, 0.5) is 0 Å². The van der Waals surface area contributed by atoms with Gasteiger partial charge >= 0.3 is 0 Å². The maximum atomic E-state index is 9.98. The molecule has 100 valence electrons. The van der Waals surface area contributed by atoms with Crippen molar-refractivity contribution in [1.29, 1.82) is 0 Å². The standard InChI is InChI=1S/C17H16N2O/c1-13-6-5-9-15(10-13)16-12-19(17(20)18-16)11-14-7-3-2-4-8-14/h2-10,12H,11H2,1H3,(H,18,20). The minimum Gasteiger partial charge on any atom is -0.480 e. The molecule has 0 saturated carbocycles. The van der Waals surface area contributed by atoms with Crippen molar-refractivity contribution in [3.8, 4) is 17.3 Å². The zero-order chi connectivity index (χ0) is 13.9. The minimum atomic E-state index is 0.0466. The molecule has 0 fully saturated rings. The molecule has 0 aliphatic heterocycles. The molecule has 0 spiro atoms. The van der Waals surface area contributed by atoms with Crippen LogP contribution in [0.1, 0.15) is 11.1 Å². The third-order valence-corrected chi connectivity index (χ3v) is 3.27. The highest BCUT2D eigenvalue weighted by Gasteiger charge is 2.08. The molecule has 0 aliphatic carbocycles. The Balaban J connectivity index is 1.91. The number of imidazole rings is 1. The summed E-state index contributed by atoms with van der Waals surface area (Å²) in [6.45, 7) is 2.66. The van der Waals surface area contributed by atoms with Crippen LogP contribution in [0.25, 0.3) is 11.3 Å². The Labute approximate surface area is 118 Å². The first-order chi connectivity index (χ1) is 9.72. The number of hydrogen-bond acceptors (Lipinski definition) is 2.